The molecule has 0 aromatic heterocycles. The first-order valence-electron chi connectivity index (χ1n) is 25.4. The Labute approximate surface area is 418 Å². The molecule has 382 valence electrons. The average molecular weight is 975 g/mol. The Morgan fingerprint density at radius 2 is 1.56 bits per heavy atom. The van der Waals surface area contributed by atoms with Crippen LogP contribution in [0, 0.1) is 36.5 Å². The number of nitrogens with one attached hydrogen (secondary N) is 1. The molecule has 5 aliphatic heterocycles. The van der Waals surface area contributed by atoms with Crippen molar-refractivity contribution in [2.24, 2.45) is 39.6 Å². The lowest BCUT2D eigenvalue weighted by Crippen LogP contribution is -2.49. The number of ether oxygens (including phenoxy) is 2. The fourth-order valence-corrected chi connectivity index (χ4v) is 10.9. The molecule has 15 nitrogen and oxygen atoms in total. The fraction of sp³-hybridized carbons (Fsp3) is 0.536. The highest BCUT2D eigenvalue weighted by Gasteiger charge is 2.40. The van der Waals surface area contributed by atoms with Gasteiger partial charge in [-0.2, -0.15) is 0 Å². The Hall–Kier alpha value is -6.06. The molecule has 1 spiro atoms. The molecule has 0 saturated carbocycles. The standard InChI is InChI=1S/C56H74N6O9/c1-33(2)32-60-24-22-56(23-25-60)58-47-45-44-41(63)21-14-13-17-35(4)53(71-43(65)31-42(64)62-28-26-61(27-29-62)40-19-11-10-12-20-40)38(7)50(66)37(6)30-34(3)16-15-18-36(5)55(69)57-49(48(47)59-56)52(68)46(45)51(67)39(8)54(44)70-9/h10-16,18-20,33-35,37-38,50,53,66-68H,17,21-32H2,1-9H3,(H,57,69)/b14-13+,16-15+,36-18-/t34-,35+,37+,38+,50+,53?/m0/s1. The molecule has 3 aromatic carbocycles. The number of hydrogen-bond donors (Lipinski definition) is 4. The molecule has 3 aromatic rings. The Morgan fingerprint density at radius 1 is 0.887 bits per heavy atom. The summed E-state index contributed by atoms with van der Waals surface area (Å²) in [7, 11) is 1.42. The van der Waals surface area contributed by atoms with Crippen molar-refractivity contribution in [2.75, 3.05) is 63.1 Å². The third-order valence-electron chi connectivity index (χ3n) is 14.9. The smallest absolute Gasteiger partial charge is 0.315 e. The normalized spacial score (nSPS) is 26.3. The van der Waals surface area contributed by atoms with Gasteiger partial charge in [-0.15, -0.1) is 0 Å². The maximum atomic E-state index is 14.7. The molecule has 5 aliphatic rings. The zero-order chi connectivity index (χ0) is 51.3. The number of benzene rings is 3. The number of piperidine rings is 1. The number of amides is 2. The van der Waals surface area contributed by atoms with Crippen molar-refractivity contribution in [3.8, 4) is 17.2 Å². The SMILES string of the molecule is COc1c(C)c(O)c2c(O)c3c4c(c2c1C(=O)C/C=C/C[C@@H](C)C(OC(=O)CC(=O)N1CCN(c2ccccc2)CC1)[C@H](C)[C@H](O)[C@H](C)C[C@@H](C)/C=C/C=C(/C)C(=O)N3)=NC1(CCN(CC(C)C)CC1)N=4. The molecule has 4 N–H and O–H groups in total. The molecule has 2 saturated heterocycles. The number of aliphatic hydroxyl groups excluding tert-OH is 1. The maximum Gasteiger partial charge on any atom is 0.315 e. The number of aromatic hydroxyl groups is 2. The molecule has 8 rings (SSSR count). The third kappa shape index (κ3) is 11.7. The summed E-state index contributed by atoms with van der Waals surface area (Å²) in [5.41, 5.74) is 0.823. The van der Waals surface area contributed by atoms with Crippen molar-refractivity contribution < 1.29 is 44.0 Å². The van der Waals surface area contributed by atoms with E-state index in [1.165, 1.54) is 7.11 Å². The van der Waals surface area contributed by atoms with Crippen LogP contribution in [0.3, 0.4) is 0 Å². The van der Waals surface area contributed by atoms with Crippen LogP contribution in [0.1, 0.15) is 103 Å². The molecule has 71 heavy (non-hydrogen) atoms. The number of hydrogen-bond acceptors (Lipinski definition) is 13. The zero-order valence-corrected chi connectivity index (χ0v) is 43.0. The third-order valence-corrected chi connectivity index (χ3v) is 14.9. The van der Waals surface area contributed by atoms with E-state index < -0.39 is 47.8 Å². The number of carbonyl (C=O) groups is 4. The number of likely N-dealkylation sites (tertiary alicyclic amines) is 1. The summed E-state index contributed by atoms with van der Waals surface area (Å²) in [4.78, 5) is 72.7. The molecule has 5 heterocycles. The predicted molar refractivity (Wildman–Crippen MR) is 275 cm³/mol. The number of Topliss-reactive ketones (excluding diaryl/α,β-unsaturated/α-hetero) is 1. The van der Waals surface area contributed by atoms with Gasteiger partial charge < -0.3 is 44.8 Å². The number of ketones is 1. The zero-order valence-electron chi connectivity index (χ0n) is 43.0. The number of fused-ring (bicyclic) bond motifs is 14. The van der Waals surface area contributed by atoms with Gasteiger partial charge in [0.2, 0.25) is 5.91 Å². The highest BCUT2D eigenvalue weighted by atomic mass is 16.5. The van der Waals surface area contributed by atoms with E-state index in [1.54, 1.807) is 37.0 Å². The van der Waals surface area contributed by atoms with Gasteiger partial charge in [0.15, 0.2) is 17.2 Å². The number of aliphatic hydroxyl groups is 1. The van der Waals surface area contributed by atoms with Gasteiger partial charge in [0.1, 0.15) is 35.1 Å². The van der Waals surface area contributed by atoms with E-state index in [2.05, 4.69) is 29.0 Å². The summed E-state index contributed by atoms with van der Waals surface area (Å²) in [5.74, 6) is -3.12. The number of para-hydroxylation sites is 1. The van der Waals surface area contributed by atoms with Crippen molar-refractivity contribution >= 4 is 45.7 Å². The first kappa shape index (κ1) is 52.8. The van der Waals surface area contributed by atoms with Crippen LogP contribution in [0.4, 0.5) is 11.4 Å². The number of allylic oxidation sites excluding steroid dienone is 5. The Balaban J connectivity index is 1.23. The molecule has 1 unspecified atom stereocenters. The van der Waals surface area contributed by atoms with Crippen LogP contribution in [0.15, 0.2) is 76.3 Å². The highest BCUT2D eigenvalue weighted by molar-refractivity contribution is 6.16. The number of rotatable bonds is 7. The van der Waals surface area contributed by atoms with Crippen LogP contribution >= 0.6 is 0 Å². The number of anilines is 2. The van der Waals surface area contributed by atoms with Crippen LogP contribution in [0.5, 0.6) is 17.2 Å². The first-order valence-corrected chi connectivity index (χ1v) is 25.4. The summed E-state index contributed by atoms with van der Waals surface area (Å²) in [6.07, 6.45) is 8.89. The van der Waals surface area contributed by atoms with Crippen LogP contribution in [-0.4, -0.2) is 119 Å². The summed E-state index contributed by atoms with van der Waals surface area (Å²) >= 11 is 0. The predicted octanol–water partition coefficient (Wildman–Crippen LogP) is 7.19. The van der Waals surface area contributed by atoms with Crippen molar-refractivity contribution in [1.82, 2.24) is 9.80 Å². The molecule has 6 atom stereocenters. The van der Waals surface area contributed by atoms with Crippen molar-refractivity contribution in [2.45, 2.75) is 112 Å². The van der Waals surface area contributed by atoms with Crippen LogP contribution in [0.25, 0.3) is 10.8 Å². The molecular weight excluding hydrogens is 901 g/mol. The van der Waals surface area contributed by atoms with Gasteiger partial charge in [0.05, 0.1) is 29.5 Å². The summed E-state index contributed by atoms with van der Waals surface area (Å²) in [6.45, 7) is 20.0. The van der Waals surface area contributed by atoms with E-state index in [-0.39, 0.29) is 85.7 Å². The monoisotopic (exact) mass is 975 g/mol. The van der Waals surface area contributed by atoms with Gasteiger partial charge in [0, 0.05) is 93.2 Å². The quantitative estimate of drug-likeness (QED) is 0.0811. The maximum absolute atomic E-state index is 14.7. The number of piperazine rings is 1. The molecule has 0 radical (unpaired) electrons. The van der Waals surface area contributed by atoms with Gasteiger partial charge in [-0.05, 0) is 62.5 Å². The molecule has 15 heteroatoms. The molecule has 2 fully saturated rings. The van der Waals surface area contributed by atoms with E-state index >= 15 is 0 Å². The van der Waals surface area contributed by atoms with Gasteiger partial charge in [0.25, 0.3) is 5.91 Å². The summed E-state index contributed by atoms with van der Waals surface area (Å²) in [6, 6.07) is 10.0. The molecular formula is C56H74N6O9. The number of phenolic OH excluding ortho intramolecular Hbond substituents is 2. The van der Waals surface area contributed by atoms with E-state index in [0.717, 1.165) is 25.3 Å². The highest BCUT2D eigenvalue weighted by Crippen LogP contribution is 2.45. The van der Waals surface area contributed by atoms with E-state index in [4.69, 9.17) is 19.5 Å². The summed E-state index contributed by atoms with van der Waals surface area (Å²) < 4.78 is 12.1. The lowest BCUT2D eigenvalue weighted by molar-refractivity contribution is -0.161. The number of carbonyl (C=O) groups excluding carboxylic acids is 4. The Kier molecular flexibility index (Phi) is 16.8. The minimum Gasteiger partial charge on any atom is -0.507 e. The minimum atomic E-state index is -0.929. The summed E-state index contributed by atoms with van der Waals surface area (Å²) in [5, 5.41) is 39.5. The van der Waals surface area contributed by atoms with Crippen molar-refractivity contribution in [1.29, 1.82) is 0 Å². The largest absolute Gasteiger partial charge is 0.507 e. The van der Waals surface area contributed by atoms with Crippen molar-refractivity contribution in [3.05, 3.63) is 88.1 Å². The van der Waals surface area contributed by atoms with Gasteiger partial charge in [-0.3, -0.25) is 29.2 Å². The van der Waals surface area contributed by atoms with Crippen LogP contribution in [0.2, 0.25) is 0 Å². The second kappa shape index (κ2) is 22.6. The lowest BCUT2D eigenvalue weighted by Gasteiger charge is -2.36. The molecule has 4 bridgehead atoms. The molecule has 0 aliphatic carbocycles. The first-order chi connectivity index (χ1) is 33.8. The van der Waals surface area contributed by atoms with E-state index in [1.807, 2.05) is 70.2 Å². The second-order valence-electron chi connectivity index (χ2n) is 20.8. The fourth-order valence-electron chi connectivity index (χ4n) is 10.9. The lowest BCUT2D eigenvalue weighted by atomic mass is 9.80. The number of phenols is 2. The van der Waals surface area contributed by atoms with Gasteiger partial charge in [-0.25, -0.2) is 0 Å². The topological polar surface area (TPSA) is 194 Å². The average Bonchev–Trinajstić information content (AvgIpc) is 3.72. The Bertz CT molecular complexity index is 2700. The van der Waals surface area contributed by atoms with Crippen molar-refractivity contribution in [3.63, 3.8) is 0 Å². The number of esters is 1. The van der Waals surface area contributed by atoms with Gasteiger partial charge >= 0.3 is 5.97 Å². The Morgan fingerprint density at radius 3 is 2.23 bits per heavy atom. The van der Waals surface area contributed by atoms with E-state index in [0.29, 0.717) is 63.4 Å². The van der Waals surface area contributed by atoms with Crippen LogP contribution < -0.4 is 25.7 Å². The number of nitrogens with zero attached hydrogens (tertiary/aromatic N) is 5. The van der Waals surface area contributed by atoms with E-state index in [9.17, 15) is 34.5 Å². The van der Waals surface area contributed by atoms with Gasteiger partial charge in [-0.1, -0.05) is 90.1 Å². The second-order valence-corrected chi connectivity index (χ2v) is 20.8. The minimum absolute atomic E-state index is 0.00315. The molecule has 2 amide bonds. The van der Waals surface area contributed by atoms with Crippen LogP contribution in [-0.2, 0) is 19.1 Å². The number of methoxy groups -OCH3 is 1.